The van der Waals surface area contributed by atoms with Gasteiger partial charge in [0.15, 0.2) is 0 Å². The number of rotatable bonds is 3. The molecule has 136 valence electrons. The second-order valence-corrected chi connectivity index (χ2v) is 7.85. The molecule has 5 nitrogen and oxygen atoms in total. The SMILES string of the molecule is CC(C)(c1ccccc1)N1[C@@H]2C=C[C@H]1CN(c1ncnc3ccncc13)C2. The molecule has 5 rings (SSSR count). The topological polar surface area (TPSA) is 45.2 Å². The number of benzene rings is 1. The average Bonchev–Trinajstić information content (AvgIpc) is 2.99. The summed E-state index contributed by atoms with van der Waals surface area (Å²) in [5.74, 6) is 0.990. The number of piperazine rings is 1. The van der Waals surface area contributed by atoms with Gasteiger partial charge in [-0.05, 0) is 25.5 Å². The highest BCUT2D eigenvalue weighted by Gasteiger charge is 2.44. The third-order valence-electron chi connectivity index (χ3n) is 5.93. The minimum atomic E-state index is -0.0263. The maximum Gasteiger partial charge on any atom is 0.141 e. The molecular weight excluding hydrogens is 334 g/mol. The largest absolute Gasteiger partial charge is 0.352 e. The van der Waals surface area contributed by atoms with Crippen molar-refractivity contribution in [1.29, 1.82) is 0 Å². The predicted octanol–water partition coefficient (Wildman–Crippen LogP) is 3.39. The van der Waals surface area contributed by atoms with Gasteiger partial charge in [0, 0.05) is 43.1 Å². The number of fused-ring (bicyclic) bond motifs is 3. The highest BCUT2D eigenvalue weighted by molar-refractivity contribution is 5.88. The summed E-state index contributed by atoms with van der Waals surface area (Å²) in [7, 11) is 0. The summed E-state index contributed by atoms with van der Waals surface area (Å²) in [6.45, 7) is 6.50. The predicted molar refractivity (Wildman–Crippen MR) is 108 cm³/mol. The Hall–Kier alpha value is -2.79. The summed E-state index contributed by atoms with van der Waals surface area (Å²) in [5, 5.41) is 1.02. The zero-order chi connectivity index (χ0) is 18.4. The lowest BCUT2D eigenvalue weighted by molar-refractivity contribution is 0.0591. The quantitative estimate of drug-likeness (QED) is 0.673. The Morgan fingerprint density at radius 2 is 1.70 bits per heavy atom. The van der Waals surface area contributed by atoms with Crippen LogP contribution >= 0.6 is 0 Å². The number of anilines is 1. The number of aromatic nitrogens is 3. The van der Waals surface area contributed by atoms with Gasteiger partial charge in [-0.1, -0.05) is 42.5 Å². The maximum atomic E-state index is 4.60. The van der Waals surface area contributed by atoms with E-state index in [4.69, 9.17) is 0 Å². The van der Waals surface area contributed by atoms with E-state index in [9.17, 15) is 0 Å². The first-order chi connectivity index (χ1) is 13.1. The van der Waals surface area contributed by atoms with Crippen molar-refractivity contribution >= 4 is 16.7 Å². The minimum absolute atomic E-state index is 0.0263. The van der Waals surface area contributed by atoms with Crippen LogP contribution < -0.4 is 4.90 Å². The van der Waals surface area contributed by atoms with E-state index in [-0.39, 0.29) is 5.54 Å². The molecule has 5 heteroatoms. The van der Waals surface area contributed by atoms with Gasteiger partial charge in [0.25, 0.3) is 0 Å². The maximum absolute atomic E-state index is 4.60. The molecule has 3 aromatic rings. The highest BCUT2D eigenvalue weighted by atomic mass is 15.4. The van der Waals surface area contributed by atoms with Crippen LogP contribution in [0.1, 0.15) is 19.4 Å². The van der Waals surface area contributed by atoms with Crippen LogP contribution in [0.25, 0.3) is 10.9 Å². The van der Waals surface area contributed by atoms with E-state index in [1.165, 1.54) is 5.56 Å². The Kier molecular flexibility index (Phi) is 3.72. The van der Waals surface area contributed by atoms with Crippen LogP contribution in [0.5, 0.6) is 0 Å². The van der Waals surface area contributed by atoms with Crippen molar-refractivity contribution in [2.75, 3.05) is 18.0 Å². The van der Waals surface area contributed by atoms with E-state index in [1.54, 1.807) is 12.5 Å². The standard InChI is InChI=1S/C22H23N5/c1-22(2,16-6-4-3-5-7-16)27-17-8-9-18(27)14-26(13-17)21-19-12-23-11-10-20(19)24-15-25-21/h3-12,15,17-18H,13-14H2,1-2H3/t17-,18+. The van der Waals surface area contributed by atoms with Crippen LogP contribution in [-0.4, -0.2) is 45.0 Å². The Labute approximate surface area is 159 Å². The van der Waals surface area contributed by atoms with E-state index in [0.717, 1.165) is 29.8 Å². The van der Waals surface area contributed by atoms with E-state index < -0.39 is 0 Å². The number of nitrogens with zero attached hydrogens (tertiary/aromatic N) is 5. The molecule has 2 aliphatic heterocycles. The number of hydrogen-bond acceptors (Lipinski definition) is 5. The molecule has 0 saturated carbocycles. The van der Waals surface area contributed by atoms with Crippen molar-refractivity contribution in [1.82, 2.24) is 19.9 Å². The molecule has 0 unspecified atom stereocenters. The highest BCUT2D eigenvalue weighted by Crippen LogP contribution is 2.39. The summed E-state index contributed by atoms with van der Waals surface area (Å²) in [6.07, 6.45) is 10.0. The molecule has 0 amide bonds. The summed E-state index contributed by atoms with van der Waals surface area (Å²) in [6, 6.07) is 13.5. The van der Waals surface area contributed by atoms with Crippen LogP contribution in [0, 0.1) is 0 Å². The van der Waals surface area contributed by atoms with Gasteiger partial charge in [0.05, 0.1) is 10.9 Å². The molecular formula is C22H23N5. The zero-order valence-electron chi connectivity index (χ0n) is 15.7. The smallest absolute Gasteiger partial charge is 0.141 e. The lowest BCUT2D eigenvalue weighted by Gasteiger charge is -2.50. The molecule has 1 fully saturated rings. The van der Waals surface area contributed by atoms with Gasteiger partial charge < -0.3 is 4.90 Å². The van der Waals surface area contributed by atoms with E-state index in [1.807, 2.05) is 12.3 Å². The van der Waals surface area contributed by atoms with Gasteiger partial charge >= 0.3 is 0 Å². The third-order valence-corrected chi connectivity index (χ3v) is 5.93. The second kappa shape index (κ2) is 6.13. The Morgan fingerprint density at radius 3 is 2.44 bits per heavy atom. The fourth-order valence-corrected chi connectivity index (χ4v) is 4.65. The summed E-state index contributed by atoms with van der Waals surface area (Å²) in [5.41, 5.74) is 2.28. The average molecular weight is 357 g/mol. The first-order valence-electron chi connectivity index (χ1n) is 9.46. The van der Waals surface area contributed by atoms with Crippen LogP contribution in [0.15, 0.2) is 67.3 Å². The molecule has 2 atom stereocenters. The molecule has 0 spiro atoms. The second-order valence-electron chi connectivity index (χ2n) is 7.85. The van der Waals surface area contributed by atoms with Crippen molar-refractivity contribution in [3.05, 3.63) is 72.8 Å². The molecule has 0 aliphatic carbocycles. The van der Waals surface area contributed by atoms with E-state index >= 15 is 0 Å². The molecule has 2 aromatic heterocycles. The lowest BCUT2D eigenvalue weighted by Crippen LogP contribution is -2.60. The summed E-state index contributed by atoms with van der Waals surface area (Å²) < 4.78 is 0. The number of hydrogen-bond donors (Lipinski definition) is 0. The molecule has 4 heterocycles. The molecule has 0 N–H and O–H groups in total. The van der Waals surface area contributed by atoms with E-state index in [2.05, 4.69) is 81.1 Å². The van der Waals surface area contributed by atoms with Gasteiger partial charge in [0.1, 0.15) is 12.1 Å². The normalized spacial score (nSPS) is 22.5. The lowest BCUT2D eigenvalue weighted by atomic mass is 9.89. The number of pyridine rings is 1. The minimum Gasteiger partial charge on any atom is -0.352 e. The van der Waals surface area contributed by atoms with Crippen molar-refractivity contribution < 1.29 is 0 Å². The van der Waals surface area contributed by atoms with Crippen molar-refractivity contribution in [2.45, 2.75) is 31.5 Å². The Morgan fingerprint density at radius 1 is 0.963 bits per heavy atom. The van der Waals surface area contributed by atoms with Gasteiger partial charge in [-0.15, -0.1) is 0 Å². The first-order valence-corrected chi connectivity index (χ1v) is 9.46. The summed E-state index contributed by atoms with van der Waals surface area (Å²) in [4.78, 5) is 18.3. The Balaban J connectivity index is 1.47. The fourth-order valence-electron chi connectivity index (χ4n) is 4.65. The van der Waals surface area contributed by atoms with Gasteiger partial charge in [-0.25, -0.2) is 9.97 Å². The molecule has 0 radical (unpaired) electrons. The van der Waals surface area contributed by atoms with Crippen LogP contribution in [0.2, 0.25) is 0 Å². The van der Waals surface area contributed by atoms with Crippen LogP contribution in [0.3, 0.4) is 0 Å². The van der Waals surface area contributed by atoms with Crippen molar-refractivity contribution in [2.24, 2.45) is 0 Å². The first kappa shape index (κ1) is 16.4. The molecule has 27 heavy (non-hydrogen) atoms. The van der Waals surface area contributed by atoms with Crippen LogP contribution in [0.4, 0.5) is 5.82 Å². The molecule has 2 bridgehead atoms. The third kappa shape index (κ3) is 2.61. The van der Waals surface area contributed by atoms with Gasteiger partial charge in [-0.3, -0.25) is 9.88 Å². The monoisotopic (exact) mass is 357 g/mol. The van der Waals surface area contributed by atoms with Gasteiger partial charge in [-0.2, -0.15) is 0 Å². The summed E-state index contributed by atoms with van der Waals surface area (Å²) >= 11 is 0. The van der Waals surface area contributed by atoms with Crippen LogP contribution in [-0.2, 0) is 5.54 Å². The van der Waals surface area contributed by atoms with Gasteiger partial charge in [0.2, 0.25) is 0 Å². The molecule has 1 saturated heterocycles. The van der Waals surface area contributed by atoms with Crippen molar-refractivity contribution in [3.63, 3.8) is 0 Å². The zero-order valence-corrected chi connectivity index (χ0v) is 15.7. The molecule has 2 aliphatic rings. The Bertz CT molecular complexity index is 977. The van der Waals surface area contributed by atoms with E-state index in [0.29, 0.717) is 12.1 Å². The fraction of sp³-hybridized carbons (Fsp3) is 0.318. The van der Waals surface area contributed by atoms with Crippen molar-refractivity contribution in [3.8, 4) is 0 Å². The molecule has 1 aromatic carbocycles.